The van der Waals surface area contributed by atoms with Crippen molar-refractivity contribution in [2.45, 2.75) is 18.4 Å². The zero-order valence-electron chi connectivity index (χ0n) is 13.1. The summed E-state index contributed by atoms with van der Waals surface area (Å²) in [7, 11) is 0. The van der Waals surface area contributed by atoms with Gasteiger partial charge in [-0.05, 0) is 6.07 Å². The summed E-state index contributed by atoms with van der Waals surface area (Å²) in [5, 5.41) is 52.6. The second-order valence-electron chi connectivity index (χ2n) is 4.56. The number of benzene rings is 1. The molecule has 0 saturated heterocycles. The summed E-state index contributed by atoms with van der Waals surface area (Å²) < 4.78 is 0. The van der Waals surface area contributed by atoms with Gasteiger partial charge in [0.25, 0.3) is 5.69 Å². The standard InChI is InChI=1S/C7H5NO4.C6H8O7.H3N/c9-7(10)5-3-1-2-4-6(5)8(11)12;7-3(8)1-6(13,5(11)12)2-4(9)10;/h1-4H,(H,9,10);13H,1-2H2,(H,7,8)(H,9,10)(H,11,12);1H3. The van der Waals surface area contributed by atoms with Gasteiger partial charge in [-0.2, -0.15) is 0 Å². The van der Waals surface area contributed by atoms with E-state index in [4.69, 9.17) is 25.5 Å². The molecule has 0 aliphatic rings. The summed E-state index contributed by atoms with van der Waals surface area (Å²) in [6, 6.07) is 5.21. The Morgan fingerprint density at radius 3 is 1.65 bits per heavy atom. The van der Waals surface area contributed by atoms with E-state index in [2.05, 4.69) is 0 Å². The van der Waals surface area contributed by atoms with E-state index in [1.807, 2.05) is 0 Å². The second kappa shape index (κ2) is 10.3. The molecule has 0 heterocycles. The van der Waals surface area contributed by atoms with Gasteiger partial charge >= 0.3 is 23.9 Å². The maximum atomic E-state index is 10.4. The fraction of sp³-hybridized carbons (Fsp3) is 0.231. The highest BCUT2D eigenvalue weighted by atomic mass is 16.6. The smallest absolute Gasteiger partial charge is 0.342 e. The quantitative estimate of drug-likeness (QED) is 0.276. The molecule has 0 aliphatic heterocycles. The lowest BCUT2D eigenvalue weighted by molar-refractivity contribution is -0.385. The Morgan fingerprint density at radius 2 is 1.38 bits per heavy atom. The van der Waals surface area contributed by atoms with Crippen LogP contribution >= 0.6 is 0 Å². The van der Waals surface area contributed by atoms with Crippen LogP contribution in [0.2, 0.25) is 0 Å². The molecular formula is C13H16N2O11. The van der Waals surface area contributed by atoms with Crippen molar-refractivity contribution < 1.29 is 49.6 Å². The number of hydrogen-bond acceptors (Lipinski definition) is 8. The molecule has 0 atom stereocenters. The van der Waals surface area contributed by atoms with Gasteiger partial charge in [0.2, 0.25) is 0 Å². The van der Waals surface area contributed by atoms with Crippen LogP contribution in [0.4, 0.5) is 5.69 Å². The molecule has 0 radical (unpaired) electrons. The van der Waals surface area contributed by atoms with Crippen molar-refractivity contribution in [3.05, 3.63) is 39.9 Å². The molecule has 1 aromatic carbocycles. The zero-order valence-corrected chi connectivity index (χ0v) is 13.1. The minimum atomic E-state index is -2.74. The summed E-state index contributed by atoms with van der Waals surface area (Å²) in [6.45, 7) is 0. The van der Waals surface area contributed by atoms with Gasteiger partial charge in [-0.1, -0.05) is 12.1 Å². The van der Waals surface area contributed by atoms with Gasteiger partial charge in [-0.25, -0.2) is 9.59 Å². The number of aromatic carboxylic acids is 1. The highest BCUT2D eigenvalue weighted by molar-refractivity contribution is 5.92. The second-order valence-corrected chi connectivity index (χ2v) is 4.56. The maximum Gasteiger partial charge on any atom is 0.342 e. The van der Waals surface area contributed by atoms with Crippen molar-refractivity contribution in [2.24, 2.45) is 0 Å². The van der Waals surface area contributed by atoms with Crippen molar-refractivity contribution in [2.75, 3.05) is 0 Å². The molecule has 8 N–H and O–H groups in total. The van der Waals surface area contributed by atoms with Crippen molar-refractivity contribution in [3.63, 3.8) is 0 Å². The van der Waals surface area contributed by atoms with Gasteiger partial charge in [0.1, 0.15) is 5.56 Å². The number of para-hydroxylation sites is 1. The number of nitro groups is 1. The molecule has 0 aliphatic carbocycles. The molecule has 0 aromatic heterocycles. The summed E-state index contributed by atoms with van der Waals surface area (Å²) in [6.07, 6.45) is -2.29. The lowest BCUT2D eigenvalue weighted by Gasteiger charge is -2.18. The van der Waals surface area contributed by atoms with Crippen LogP contribution in [-0.4, -0.2) is 59.9 Å². The number of carboxylic acid groups (broad SMARTS) is 4. The first-order valence-electron chi connectivity index (χ1n) is 6.26. The van der Waals surface area contributed by atoms with Gasteiger partial charge in [0.05, 0.1) is 17.8 Å². The Kier molecular flexibility index (Phi) is 9.79. The fourth-order valence-corrected chi connectivity index (χ4v) is 1.53. The summed E-state index contributed by atoms with van der Waals surface area (Å²) in [5.41, 5.74) is -3.41. The molecule has 1 rings (SSSR count). The lowest BCUT2D eigenvalue weighted by atomic mass is 9.96. The first-order valence-corrected chi connectivity index (χ1v) is 6.26. The average molecular weight is 376 g/mol. The number of carbonyl (C=O) groups is 4. The van der Waals surface area contributed by atoms with Crippen molar-refractivity contribution >= 4 is 29.6 Å². The molecule has 13 nitrogen and oxygen atoms in total. The zero-order chi connectivity index (χ0) is 19.8. The van der Waals surface area contributed by atoms with Gasteiger partial charge in [-0.15, -0.1) is 0 Å². The Bertz CT molecular complexity index is 652. The minimum absolute atomic E-state index is 0. The molecular weight excluding hydrogens is 360 g/mol. The molecule has 0 spiro atoms. The Balaban J connectivity index is 0. The SMILES string of the molecule is N.O=C(O)CC(O)(CC(=O)O)C(=O)O.O=C(O)c1ccccc1[N+](=O)[O-]. The van der Waals surface area contributed by atoms with E-state index < -0.39 is 47.2 Å². The topological polar surface area (TPSA) is 248 Å². The summed E-state index contributed by atoms with van der Waals surface area (Å²) in [4.78, 5) is 50.5. The van der Waals surface area contributed by atoms with Crippen molar-refractivity contribution in [1.29, 1.82) is 0 Å². The van der Waals surface area contributed by atoms with Gasteiger partial charge in [0.15, 0.2) is 5.60 Å². The maximum absolute atomic E-state index is 10.4. The van der Waals surface area contributed by atoms with Crippen LogP contribution in [0.5, 0.6) is 0 Å². The van der Waals surface area contributed by atoms with Crippen LogP contribution in [0.3, 0.4) is 0 Å². The van der Waals surface area contributed by atoms with Gasteiger partial charge in [-0.3, -0.25) is 19.7 Å². The largest absolute Gasteiger partial charge is 0.481 e. The number of hydrogen-bond donors (Lipinski definition) is 6. The highest BCUT2D eigenvalue weighted by Gasteiger charge is 2.40. The predicted octanol–water partition coefficient (Wildman–Crippen LogP) is 0.207. The molecule has 0 fully saturated rings. The molecule has 0 bridgehead atoms. The summed E-state index contributed by atoms with van der Waals surface area (Å²) >= 11 is 0. The third-order valence-electron chi connectivity index (χ3n) is 2.62. The first-order chi connectivity index (χ1) is 11.4. The lowest BCUT2D eigenvalue weighted by Crippen LogP contribution is -2.42. The third kappa shape index (κ3) is 7.80. The van der Waals surface area contributed by atoms with E-state index in [1.54, 1.807) is 0 Å². The van der Waals surface area contributed by atoms with Crippen molar-refractivity contribution in [3.8, 4) is 0 Å². The van der Waals surface area contributed by atoms with Crippen LogP contribution in [0, 0.1) is 10.1 Å². The third-order valence-corrected chi connectivity index (χ3v) is 2.62. The van der Waals surface area contributed by atoms with E-state index >= 15 is 0 Å². The Hall–Kier alpha value is -3.58. The van der Waals surface area contributed by atoms with E-state index in [9.17, 15) is 29.3 Å². The predicted molar refractivity (Wildman–Crippen MR) is 82.2 cm³/mol. The minimum Gasteiger partial charge on any atom is -0.481 e. The number of carboxylic acids is 4. The number of nitrogens with zero attached hydrogens (tertiary/aromatic N) is 1. The molecule has 13 heteroatoms. The molecule has 144 valence electrons. The van der Waals surface area contributed by atoms with Crippen LogP contribution in [0.1, 0.15) is 23.2 Å². The molecule has 0 amide bonds. The van der Waals surface area contributed by atoms with Crippen LogP contribution in [0.15, 0.2) is 24.3 Å². The fourth-order valence-electron chi connectivity index (χ4n) is 1.53. The molecule has 0 unspecified atom stereocenters. The molecule has 26 heavy (non-hydrogen) atoms. The molecule has 1 aromatic rings. The van der Waals surface area contributed by atoms with Crippen LogP contribution in [-0.2, 0) is 14.4 Å². The van der Waals surface area contributed by atoms with E-state index in [0.29, 0.717) is 0 Å². The Labute approximate surface area is 144 Å². The first kappa shape index (κ1) is 24.7. The van der Waals surface area contributed by atoms with Gasteiger partial charge < -0.3 is 31.7 Å². The van der Waals surface area contributed by atoms with E-state index in [0.717, 1.165) is 6.07 Å². The Morgan fingerprint density at radius 1 is 0.962 bits per heavy atom. The number of rotatable bonds is 7. The monoisotopic (exact) mass is 376 g/mol. The van der Waals surface area contributed by atoms with Gasteiger partial charge in [0, 0.05) is 6.07 Å². The number of nitro benzene ring substituents is 1. The normalized spacial score (nSPS) is 9.73. The summed E-state index contributed by atoms with van der Waals surface area (Å²) in [5.74, 6) is -6.31. The van der Waals surface area contributed by atoms with E-state index in [1.165, 1.54) is 18.2 Å². The average Bonchev–Trinajstić information content (AvgIpc) is 2.45. The van der Waals surface area contributed by atoms with E-state index in [-0.39, 0.29) is 17.4 Å². The van der Waals surface area contributed by atoms with Crippen molar-refractivity contribution in [1.82, 2.24) is 6.15 Å². The highest BCUT2D eigenvalue weighted by Crippen LogP contribution is 2.17. The number of aliphatic hydroxyl groups is 1. The number of aliphatic carboxylic acids is 3. The van der Waals surface area contributed by atoms with Crippen LogP contribution in [0.25, 0.3) is 0 Å². The molecule has 0 saturated carbocycles. The van der Waals surface area contributed by atoms with Crippen LogP contribution < -0.4 is 6.15 Å².